The maximum Gasteiger partial charge on any atom is 0.262 e. The molecule has 1 fully saturated rings. The molecule has 2 aromatic rings. The van der Waals surface area contributed by atoms with E-state index in [1.54, 1.807) is 4.90 Å². The van der Waals surface area contributed by atoms with E-state index in [0.29, 0.717) is 5.92 Å². The molecular weight excluding hydrogens is 336 g/mol. The van der Waals surface area contributed by atoms with Crippen LogP contribution in [0.5, 0.6) is 5.75 Å². The highest BCUT2D eigenvalue weighted by Crippen LogP contribution is 2.18. The number of nitrogens with one attached hydrogen (secondary N) is 2. The molecule has 1 saturated heterocycles. The summed E-state index contributed by atoms with van der Waals surface area (Å²) in [7, 11) is 0. The number of benzene rings is 2. The van der Waals surface area contributed by atoms with E-state index in [9.17, 15) is 4.79 Å². The molecule has 144 valence electrons. The molecule has 0 radical (unpaired) electrons. The molecule has 2 N–H and O–H groups in total. The van der Waals surface area contributed by atoms with Gasteiger partial charge in [-0.2, -0.15) is 0 Å². The Morgan fingerprint density at radius 3 is 2.30 bits per heavy atom. The Morgan fingerprint density at radius 1 is 1.00 bits per heavy atom. The quantitative estimate of drug-likeness (QED) is 0.788. The van der Waals surface area contributed by atoms with Crippen molar-refractivity contribution in [1.82, 2.24) is 0 Å². The topological polar surface area (TPSA) is 42.8 Å². The van der Waals surface area contributed by atoms with Gasteiger partial charge in [0.05, 0.1) is 13.1 Å². The third-order valence-electron chi connectivity index (χ3n) is 5.17. The molecule has 0 spiro atoms. The molecule has 0 atom stereocenters. The number of ether oxygens (including phenoxy) is 1. The van der Waals surface area contributed by atoms with Gasteiger partial charge in [0, 0.05) is 11.3 Å². The van der Waals surface area contributed by atoms with Gasteiger partial charge < -0.3 is 15.0 Å². The van der Waals surface area contributed by atoms with Crippen LogP contribution in [0, 0.1) is 0 Å². The normalized spacial score (nSPS) is 14.9. The SMILES string of the molecule is CC(C)c1ccc(OCC(=O)Nc2ccc(C[NH+]3CCCCC3)cc2)cc1. The molecule has 1 aliphatic rings. The number of rotatable bonds is 7. The summed E-state index contributed by atoms with van der Waals surface area (Å²) < 4.78 is 5.58. The van der Waals surface area contributed by atoms with Crippen LogP contribution in [0.2, 0.25) is 0 Å². The minimum Gasteiger partial charge on any atom is -0.484 e. The number of carbonyl (C=O) groups is 1. The molecule has 4 heteroatoms. The number of carbonyl (C=O) groups excluding carboxylic acids is 1. The molecular formula is C23H31N2O2+. The highest BCUT2D eigenvalue weighted by atomic mass is 16.5. The molecule has 0 aliphatic carbocycles. The van der Waals surface area contributed by atoms with Crippen molar-refractivity contribution in [2.45, 2.75) is 45.6 Å². The summed E-state index contributed by atoms with van der Waals surface area (Å²) in [5.74, 6) is 1.06. The van der Waals surface area contributed by atoms with Gasteiger partial charge in [-0.05, 0) is 55.0 Å². The molecule has 2 aromatic carbocycles. The van der Waals surface area contributed by atoms with Gasteiger partial charge in [0.25, 0.3) is 5.91 Å². The molecule has 1 heterocycles. The number of amides is 1. The summed E-state index contributed by atoms with van der Waals surface area (Å²) in [5.41, 5.74) is 3.40. The largest absolute Gasteiger partial charge is 0.484 e. The van der Waals surface area contributed by atoms with E-state index in [4.69, 9.17) is 4.74 Å². The Labute approximate surface area is 162 Å². The lowest BCUT2D eigenvalue weighted by atomic mass is 10.0. The zero-order valence-electron chi connectivity index (χ0n) is 16.5. The highest BCUT2D eigenvalue weighted by molar-refractivity contribution is 5.91. The van der Waals surface area contributed by atoms with Crippen molar-refractivity contribution < 1.29 is 14.4 Å². The molecule has 0 bridgehead atoms. The van der Waals surface area contributed by atoms with Crippen LogP contribution in [0.4, 0.5) is 5.69 Å². The van der Waals surface area contributed by atoms with Gasteiger partial charge >= 0.3 is 0 Å². The van der Waals surface area contributed by atoms with Gasteiger partial charge in [-0.25, -0.2) is 0 Å². The van der Waals surface area contributed by atoms with Crippen molar-refractivity contribution in [3.8, 4) is 5.75 Å². The van der Waals surface area contributed by atoms with Crippen LogP contribution in [-0.2, 0) is 11.3 Å². The minimum atomic E-state index is -0.141. The zero-order valence-corrected chi connectivity index (χ0v) is 16.5. The van der Waals surface area contributed by atoms with Crippen molar-refractivity contribution in [3.05, 3.63) is 59.7 Å². The number of anilines is 1. The predicted octanol–water partition coefficient (Wildman–Crippen LogP) is 3.40. The lowest BCUT2D eigenvalue weighted by Crippen LogP contribution is -3.11. The van der Waals surface area contributed by atoms with E-state index >= 15 is 0 Å². The fraction of sp³-hybridized carbons (Fsp3) is 0.435. The fourth-order valence-electron chi connectivity index (χ4n) is 3.52. The molecule has 0 unspecified atom stereocenters. The number of piperidine rings is 1. The zero-order chi connectivity index (χ0) is 19.1. The Hall–Kier alpha value is -2.33. The van der Waals surface area contributed by atoms with E-state index in [1.165, 1.54) is 43.5 Å². The van der Waals surface area contributed by atoms with E-state index < -0.39 is 0 Å². The van der Waals surface area contributed by atoms with Gasteiger partial charge in [0.1, 0.15) is 12.3 Å². The third-order valence-corrected chi connectivity index (χ3v) is 5.17. The monoisotopic (exact) mass is 367 g/mol. The van der Waals surface area contributed by atoms with Crippen LogP contribution in [0.3, 0.4) is 0 Å². The summed E-state index contributed by atoms with van der Waals surface area (Å²) in [6, 6.07) is 16.1. The first-order valence-electron chi connectivity index (χ1n) is 10.1. The summed E-state index contributed by atoms with van der Waals surface area (Å²) in [4.78, 5) is 13.8. The van der Waals surface area contributed by atoms with Crippen LogP contribution < -0.4 is 15.0 Å². The van der Waals surface area contributed by atoms with Crippen molar-refractivity contribution >= 4 is 11.6 Å². The number of quaternary nitrogens is 1. The second kappa shape index (κ2) is 9.56. The van der Waals surface area contributed by atoms with Gasteiger partial charge in [-0.15, -0.1) is 0 Å². The summed E-state index contributed by atoms with van der Waals surface area (Å²) in [6.07, 6.45) is 4.05. The number of likely N-dealkylation sites (tertiary alicyclic amines) is 1. The predicted molar refractivity (Wildman–Crippen MR) is 109 cm³/mol. The van der Waals surface area contributed by atoms with Crippen molar-refractivity contribution in [1.29, 1.82) is 0 Å². The Bertz CT molecular complexity index is 717. The van der Waals surface area contributed by atoms with Crippen molar-refractivity contribution in [2.24, 2.45) is 0 Å². The fourth-order valence-corrected chi connectivity index (χ4v) is 3.52. The summed E-state index contributed by atoms with van der Waals surface area (Å²) in [5, 5.41) is 2.90. The summed E-state index contributed by atoms with van der Waals surface area (Å²) >= 11 is 0. The van der Waals surface area contributed by atoms with Gasteiger partial charge in [0.2, 0.25) is 0 Å². The molecule has 1 aliphatic heterocycles. The molecule has 1 amide bonds. The van der Waals surface area contributed by atoms with Crippen LogP contribution in [0.25, 0.3) is 0 Å². The standard InChI is InChI=1S/C23H30N2O2/c1-18(2)20-8-12-22(13-9-20)27-17-23(26)24-21-10-6-19(7-11-21)16-25-14-4-3-5-15-25/h6-13,18H,3-5,14-17H2,1-2H3,(H,24,26)/p+1. The van der Waals surface area contributed by atoms with Gasteiger partial charge in [-0.1, -0.05) is 38.1 Å². The van der Waals surface area contributed by atoms with Gasteiger partial charge in [0.15, 0.2) is 6.61 Å². The second-order valence-electron chi connectivity index (χ2n) is 7.74. The molecule has 27 heavy (non-hydrogen) atoms. The maximum atomic E-state index is 12.1. The number of hydrogen-bond acceptors (Lipinski definition) is 2. The first-order chi connectivity index (χ1) is 13.1. The smallest absolute Gasteiger partial charge is 0.262 e. The Kier molecular flexibility index (Phi) is 6.88. The van der Waals surface area contributed by atoms with Crippen LogP contribution >= 0.6 is 0 Å². The first kappa shape index (κ1) is 19.4. The maximum absolute atomic E-state index is 12.1. The molecule has 4 nitrogen and oxygen atoms in total. The van der Waals surface area contributed by atoms with Crippen LogP contribution in [0.1, 0.15) is 50.2 Å². The molecule has 3 rings (SSSR count). The van der Waals surface area contributed by atoms with Crippen molar-refractivity contribution in [3.63, 3.8) is 0 Å². The van der Waals surface area contributed by atoms with E-state index in [2.05, 4.69) is 31.3 Å². The van der Waals surface area contributed by atoms with Crippen LogP contribution in [-0.4, -0.2) is 25.6 Å². The average Bonchev–Trinajstić information content (AvgIpc) is 2.69. The molecule has 0 saturated carbocycles. The lowest BCUT2D eigenvalue weighted by Gasteiger charge is -2.23. The summed E-state index contributed by atoms with van der Waals surface area (Å²) in [6.45, 7) is 7.94. The van der Waals surface area contributed by atoms with E-state index in [-0.39, 0.29) is 12.5 Å². The van der Waals surface area contributed by atoms with E-state index in [0.717, 1.165) is 18.0 Å². The Morgan fingerprint density at radius 2 is 1.67 bits per heavy atom. The average molecular weight is 368 g/mol. The highest BCUT2D eigenvalue weighted by Gasteiger charge is 2.13. The minimum absolute atomic E-state index is 0.0146. The Balaban J connectivity index is 1.44. The lowest BCUT2D eigenvalue weighted by molar-refractivity contribution is -0.918. The first-order valence-corrected chi connectivity index (χ1v) is 10.1. The second-order valence-corrected chi connectivity index (χ2v) is 7.74. The number of hydrogen-bond donors (Lipinski definition) is 2. The van der Waals surface area contributed by atoms with Gasteiger partial charge in [-0.3, -0.25) is 4.79 Å². The van der Waals surface area contributed by atoms with Crippen molar-refractivity contribution in [2.75, 3.05) is 25.0 Å². The van der Waals surface area contributed by atoms with Crippen LogP contribution in [0.15, 0.2) is 48.5 Å². The van der Waals surface area contributed by atoms with E-state index in [1.807, 2.05) is 36.4 Å². The molecule has 0 aromatic heterocycles. The third kappa shape index (κ3) is 6.10.